The molecule has 2 aliphatic heterocycles. The lowest BCUT2D eigenvalue weighted by Crippen LogP contribution is -2.43. The molecule has 2 aliphatic rings. The summed E-state index contributed by atoms with van der Waals surface area (Å²) in [6.07, 6.45) is 3.30. The van der Waals surface area contributed by atoms with Gasteiger partial charge in [-0.05, 0) is 37.3 Å². The molecule has 1 aromatic carbocycles. The van der Waals surface area contributed by atoms with Crippen LogP contribution in [0.25, 0.3) is 0 Å². The third-order valence-corrected chi connectivity index (χ3v) is 4.81. The second kappa shape index (κ2) is 7.59. The minimum absolute atomic E-state index is 0.0156. The molecule has 5 heteroatoms. The van der Waals surface area contributed by atoms with E-state index in [0.29, 0.717) is 25.3 Å². The number of carbonyl (C=O) groups is 2. The highest BCUT2D eigenvalue weighted by molar-refractivity contribution is 5.90. The van der Waals surface area contributed by atoms with E-state index in [4.69, 9.17) is 0 Å². The van der Waals surface area contributed by atoms with Gasteiger partial charge in [0, 0.05) is 26.1 Å². The Balaban J connectivity index is 1.35. The average molecular weight is 315 g/mol. The summed E-state index contributed by atoms with van der Waals surface area (Å²) in [5.74, 6) is 0.475. The van der Waals surface area contributed by atoms with Crippen LogP contribution in [0.5, 0.6) is 0 Å². The van der Waals surface area contributed by atoms with Crippen LogP contribution in [0.15, 0.2) is 30.3 Å². The first kappa shape index (κ1) is 16.0. The van der Waals surface area contributed by atoms with Gasteiger partial charge < -0.3 is 15.5 Å². The molecular weight excluding hydrogens is 290 g/mol. The van der Waals surface area contributed by atoms with Crippen molar-refractivity contribution in [3.8, 4) is 0 Å². The zero-order valence-corrected chi connectivity index (χ0v) is 13.5. The Hall–Kier alpha value is -1.88. The number of nitrogens with zero attached hydrogens (tertiary/aromatic N) is 1. The molecule has 2 fully saturated rings. The van der Waals surface area contributed by atoms with Crippen LogP contribution in [0.4, 0.5) is 0 Å². The molecule has 0 aromatic heterocycles. The predicted molar refractivity (Wildman–Crippen MR) is 88.9 cm³/mol. The maximum atomic E-state index is 12.0. The predicted octanol–water partition coefficient (Wildman–Crippen LogP) is 0.946. The Morgan fingerprint density at radius 2 is 2.09 bits per heavy atom. The van der Waals surface area contributed by atoms with Gasteiger partial charge in [0.05, 0.1) is 0 Å². The number of nitrogens with one attached hydrogen (secondary N) is 2. The molecule has 0 spiro atoms. The van der Waals surface area contributed by atoms with Crippen LogP contribution in [-0.2, 0) is 16.0 Å². The van der Waals surface area contributed by atoms with Gasteiger partial charge in [0.1, 0.15) is 6.04 Å². The number of carbonyl (C=O) groups excluding carboxylic acids is 2. The third-order valence-electron chi connectivity index (χ3n) is 4.81. The van der Waals surface area contributed by atoms with Crippen LogP contribution >= 0.6 is 0 Å². The van der Waals surface area contributed by atoms with Gasteiger partial charge >= 0.3 is 0 Å². The second-order valence-corrected chi connectivity index (χ2v) is 6.59. The smallest absolute Gasteiger partial charge is 0.242 e. The van der Waals surface area contributed by atoms with E-state index in [1.54, 1.807) is 0 Å². The lowest BCUT2D eigenvalue weighted by molar-refractivity contribution is -0.125. The molecule has 1 aromatic rings. The number of benzene rings is 1. The van der Waals surface area contributed by atoms with E-state index >= 15 is 0 Å². The van der Waals surface area contributed by atoms with E-state index in [9.17, 15) is 9.59 Å². The molecule has 2 unspecified atom stereocenters. The second-order valence-electron chi connectivity index (χ2n) is 6.59. The van der Waals surface area contributed by atoms with Crippen molar-refractivity contribution >= 4 is 11.8 Å². The van der Waals surface area contributed by atoms with E-state index in [2.05, 4.69) is 39.8 Å². The van der Waals surface area contributed by atoms with Crippen molar-refractivity contribution < 1.29 is 9.59 Å². The van der Waals surface area contributed by atoms with Crippen molar-refractivity contribution in [3.05, 3.63) is 35.9 Å². The van der Waals surface area contributed by atoms with Gasteiger partial charge in [0.2, 0.25) is 11.8 Å². The molecule has 0 aliphatic carbocycles. The Labute approximate surface area is 137 Å². The summed E-state index contributed by atoms with van der Waals surface area (Å²) in [5.41, 5.74) is 1.38. The maximum absolute atomic E-state index is 12.0. The standard InChI is InChI=1S/C18H25N3O2/c22-17-7-6-16(20-17)18(23)19-12-15-9-11-21(13-15)10-8-14-4-2-1-3-5-14/h1-5,15-16H,6-13H2,(H,19,23)(H,20,22). The number of hydrogen-bond donors (Lipinski definition) is 2. The molecule has 2 heterocycles. The highest BCUT2D eigenvalue weighted by Crippen LogP contribution is 2.16. The Bertz CT molecular complexity index is 546. The fourth-order valence-corrected chi connectivity index (χ4v) is 3.39. The first-order chi connectivity index (χ1) is 11.2. The molecule has 2 saturated heterocycles. The minimum atomic E-state index is -0.321. The summed E-state index contributed by atoms with van der Waals surface area (Å²) >= 11 is 0. The Morgan fingerprint density at radius 1 is 1.26 bits per heavy atom. The highest BCUT2D eigenvalue weighted by Gasteiger charge is 2.28. The first-order valence-corrected chi connectivity index (χ1v) is 8.54. The summed E-state index contributed by atoms with van der Waals surface area (Å²) in [6, 6.07) is 10.2. The SMILES string of the molecule is O=C1CCC(C(=O)NCC2CCN(CCc3ccccc3)C2)N1. The molecular formula is C18H25N3O2. The van der Waals surface area contributed by atoms with E-state index in [1.165, 1.54) is 5.56 Å². The molecule has 3 rings (SSSR count). The van der Waals surface area contributed by atoms with E-state index in [-0.39, 0.29) is 17.9 Å². The summed E-state index contributed by atoms with van der Waals surface area (Å²) in [6.45, 7) is 3.94. The van der Waals surface area contributed by atoms with Crippen molar-refractivity contribution in [3.63, 3.8) is 0 Å². The highest BCUT2D eigenvalue weighted by atomic mass is 16.2. The summed E-state index contributed by atoms with van der Waals surface area (Å²) in [4.78, 5) is 25.6. The number of rotatable bonds is 6. The average Bonchev–Trinajstić information content (AvgIpc) is 3.21. The number of likely N-dealkylation sites (tertiary alicyclic amines) is 1. The van der Waals surface area contributed by atoms with Crippen LogP contribution in [-0.4, -0.2) is 48.9 Å². The van der Waals surface area contributed by atoms with Gasteiger partial charge in [-0.15, -0.1) is 0 Å². The molecule has 2 amide bonds. The van der Waals surface area contributed by atoms with Crippen molar-refractivity contribution in [2.75, 3.05) is 26.2 Å². The van der Waals surface area contributed by atoms with Crippen LogP contribution in [0.1, 0.15) is 24.8 Å². The molecule has 0 saturated carbocycles. The number of amides is 2. The summed E-state index contributed by atoms with van der Waals surface area (Å²) in [5, 5.41) is 5.72. The van der Waals surface area contributed by atoms with Crippen LogP contribution in [0.2, 0.25) is 0 Å². The van der Waals surface area contributed by atoms with Gasteiger partial charge in [-0.2, -0.15) is 0 Å². The van der Waals surface area contributed by atoms with Gasteiger partial charge in [-0.25, -0.2) is 0 Å². The van der Waals surface area contributed by atoms with Crippen LogP contribution in [0.3, 0.4) is 0 Å². The molecule has 5 nitrogen and oxygen atoms in total. The Morgan fingerprint density at radius 3 is 2.83 bits per heavy atom. The van der Waals surface area contributed by atoms with Crippen LogP contribution < -0.4 is 10.6 Å². The van der Waals surface area contributed by atoms with Crippen molar-refractivity contribution in [1.82, 2.24) is 15.5 Å². The largest absolute Gasteiger partial charge is 0.354 e. The quantitative estimate of drug-likeness (QED) is 0.821. The fourth-order valence-electron chi connectivity index (χ4n) is 3.39. The van der Waals surface area contributed by atoms with Crippen molar-refractivity contribution in [2.24, 2.45) is 5.92 Å². The lowest BCUT2D eigenvalue weighted by Gasteiger charge is -2.17. The van der Waals surface area contributed by atoms with Gasteiger partial charge in [-0.3, -0.25) is 9.59 Å². The molecule has 0 radical (unpaired) electrons. The molecule has 2 atom stereocenters. The molecule has 0 bridgehead atoms. The third kappa shape index (κ3) is 4.55. The topological polar surface area (TPSA) is 61.4 Å². The number of hydrogen-bond acceptors (Lipinski definition) is 3. The van der Waals surface area contributed by atoms with E-state index in [0.717, 1.165) is 32.5 Å². The van der Waals surface area contributed by atoms with Crippen molar-refractivity contribution in [1.29, 1.82) is 0 Å². The monoisotopic (exact) mass is 315 g/mol. The summed E-state index contributed by atoms with van der Waals surface area (Å²) in [7, 11) is 0. The zero-order chi connectivity index (χ0) is 16.1. The Kier molecular flexibility index (Phi) is 5.28. The molecule has 2 N–H and O–H groups in total. The van der Waals surface area contributed by atoms with E-state index < -0.39 is 0 Å². The van der Waals surface area contributed by atoms with Gasteiger partial charge in [-0.1, -0.05) is 30.3 Å². The van der Waals surface area contributed by atoms with Gasteiger partial charge in [0.25, 0.3) is 0 Å². The summed E-state index contributed by atoms with van der Waals surface area (Å²) < 4.78 is 0. The fraction of sp³-hybridized carbons (Fsp3) is 0.556. The maximum Gasteiger partial charge on any atom is 0.242 e. The van der Waals surface area contributed by atoms with Gasteiger partial charge in [0.15, 0.2) is 0 Å². The molecule has 124 valence electrons. The van der Waals surface area contributed by atoms with Crippen molar-refractivity contribution in [2.45, 2.75) is 31.7 Å². The first-order valence-electron chi connectivity index (χ1n) is 8.54. The zero-order valence-electron chi connectivity index (χ0n) is 13.5. The normalized spacial score (nSPS) is 24.6. The van der Waals surface area contributed by atoms with Crippen LogP contribution in [0, 0.1) is 5.92 Å². The molecule has 23 heavy (non-hydrogen) atoms. The lowest BCUT2D eigenvalue weighted by atomic mass is 10.1. The minimum Gasteiger partial charge on any atom is -0.354 e. The van der Waals surface area contributed by atoms with E-state index in [1.807, 2.05) is 6.07 Å².